The maximum atomic E-state index is 12.5. The van der Waals surface area contributed by atoms with Crippen LogP contribution in [0.5, 0.6) is 0 Å². The van der Waals surface area contributed by atoms with E-state index in [0.29, 0.717) is 23.0 Å². The van der Waals surface area contributed by atoms with Crippen molar-refractivity contribution in [3.63, 3.8) is 0 Å². The Morgan fingerprint density at radius 3 is 2.57 bits per heavy atom. The van der Waals surface area contributed by atoms with Gasteiger partial charge < -0.3 is 9.88 Å². The summed E-state index contributed by atoms with van der Waals surface area (Å²) in [4.78, 5) is 12.5. The molecular formula is C24H21Cl2N3O. The SMILES string of the molecule is Cc1cc(/C=C(/C#N)C(=O)NCCc2ccccc2)c(C)n1-c1cccc(Cl)c1Cl. The van der Waals surface area contributed by atoms with E-state index in [1.165, 1.54) is 0 Å². The number of rotatable bonds is 6. The third-order valence-electron chi connectivity index (χ3n) is 4.85. The van der Waals surface area contributed by atoms with Crippen molar-refractivity contribution in [3.8, 4) is 11.8 Å². The van der Waals surface area contributed by atoms with Gasteiger partial charge >= 0.3 is 0 Å². The van der Waals surface area contributed by atoms with Crippen molar-refractivity contribution in [2.75, 3.05) is 6.54 Å². The lowest BCUT2D eigenvalue weighted by atomic mass is 10.1. The van der Waals surface area contributed by atoms with Crippen LogP contribution in [0.3, 0.4) is 0 Å². The first-order valence-electron chi connectivity index (χ1n) is 9.49. The molecule has 4 nitrogen and oxygen atoms in total. The van der Waals surface area contributed by atoms with Crippen LogP contribution in [0.15, 0.2) is 60.2 Å². The Kier molecular flexibility index (Phi) is 6.99. The average molecular weight is 438 g/mol. The van der Waals surface area contributed by atoms with Crippen LogP contribution in [0.1, 0.15) is 22.5 Å². The van der Waals surface area contributed by atoms with Crippen molar-refractivity contribution >= 4 is 35.2 Å². The van der Waals surface area contributed by atoms with E-state index in [0.717, 1.165) is 28.2 Å². The summed E-state index contributed by atoms with van der Waals surface area (Å²) in [5, 5.41) is 13.3. The quantitative estimate of drug-likeness (QED) is 0.399. The highest BCUT2D eigenvalue weighted by Gasteiger charge is 2.16. The van der Waals surface area contributed by atoms with E-state index in [1.807, 2.05) is 73.0 Å². The van der Waals surface area contributed by atoms with E-state index in [1.54, 1.807) is 12.1 Å². The molecule has 3 rings (SSSR count). The van der Waals surface area contributed by atoms with Crippen molar-refractivity contribution in [3.05, 3.63) is 92.7 Å². The number of nitriles is 1. The molecule has 0 aliphatic carbocycles. The van der Waals surface area contributed by atoms with Gasteiger partial charge in [-0.2, -0.15) is 5.26 Å². The first kappa shape index (κ1) is 21.7. The van der Waals surface area contributed by atoms with Crippen molar-refractivity contribution in [1.82, 2.24) is 9.88 Å². The first-order chi connectivity index (χ1) is 14.4. The zero-order valence-corrected chi connectivity index (χ0v) is 18.3. The molecule has 0 fully saturated rings. The molecule has 1 N–H and O–H groups in total. The summed E-state index contributed by atoms with van der Waals surface area (Å²) in [5.74, 6) is -0.390. The Balaban J connectivity index is 1.81. The predicted octanol–water partition coefficient (Wildman–Crippen LogP) is 5.67. The number of halogens is 2. The van der Waals surface area contributed by atoms with Gasteiger partial charge in [-0.1, -0.05) is 59.6 Å². The van der Waals surface area contributed by atoms with Crippen LogP contribution in [-0.2, 0) is 11.2 Å². The number of aromatic nitrogens is 1. The molecule has 3 aromatic rings. The van der Waals surface area contributed by atoms with E-state index in [4.69, 9.17) is 23.2 Å². The maximum Gasteiger partial charge on any atom is 0.261 e. The minimum absolute atomic E-state index is 0.0560. The Labute approximate surface area is 186 Å². The van der Waals surface area contributed by atoms with E-state index < -0.39 is 0 Å². The normalized spacial score (nSPS) is 11.2. The van der Waals surface area contributed by atoms with Crippen LogP contribution in [0.25, 0.3) is 11.8 Å². The number of hydrogen-bond acceptors (Lipinski definition) is 2. The number of aryl methyl sites for hydroxylation is 1. The number of carbonyl (C=O) groups is 1. The molecule has 30 heavy (non-hydrogen) atoms. The molecule has 0 aliphatic heterocycles. The van der Waals surface area contributed by atoms with Gasteiger partial charge in [0.1, 0.15) is 11.6 Å². The summed E-state index contributed by atoms with van der Waals surface area (Å²) < 4.78 is 1.96. The Morgan fingerprint density at radius 2 is 1.87 bits per heavy atom. The molecule has 0 unspecified atom stereocenters. The summed E-state index contributed by atoms with van der Waals surface area (Å²) in [6.07, 6.45) is 2.31. The molecule has 6 heteroatoms. The molecule has 152 valence electrons. The van der Waals surface area contributed by atoms with Crippen molar-refractivity contribution in [1.29, 1.82) is 5.26 Å². The Hall–Kier alpha value is -3.00. The highest BCUT2D eigenvalue weighted by Crippen LogP contribution is 2.32. The third kappa shape index (κ3) is 4.76. The minimum Gasteiger partial charge on any atom is -0.351 e. The van der Waals surface area contributed by atoms with Crippen LogP contribution in [0.4, 0.5) is 0 Å². The van der Waals surface area contributed by atoms with Crippen molar-refractivity contribution in [2.45, 2.75) is 20.3 Å². The van der Waals surface area contributed by atoms with Crippen LogP contribution < -0.4 is 5.32 Å². The minimum atomic E-state index is -0.390. The monoisotopic (exact) mass is 437 g/mol. The van der Waals surface area contributed by atoms with Gasteiger partial charge in [-0.25, -0.2) is 0 Å². The largest absolute Gasteiger partial charge is 0.351 e. The summed E-state index contributed by atoms with van der Waals surface area (Å²) in [6.45, 7) is 4.31. The number of nitrogens with one attached hydrogen (secondary N) is 1. The van der Waals surface area contributed by atoms with E-state index in [-0.39, 0.29) is 11.5 Å². The molecule has 1 heterocycles. The second-order valence-corrected chi connectivity index (χ2v) is 7.68. The molecule has 0 saturated heterocycles. The third-order valence-corrected chi connectivity index (χ3v) is 5.66. The number of nitrogens with zero attached hydrogens (tertiary/aromatic N) is 2. The molecule has 2 aromatic carbocycles. The Bertz CT molecular complexity index is 1140. The number of hydrogen-bond donors (Lipinski definition) is 1. The zero-order valence-electron chi connectivity index (χ0n) is 16.7. The number of benzene rings is 2. The zero-order chi connectivity index (χ0) is 21.7. The molecule has 0 saturated carbocycles. The van der Waals surface area contributed by atoms with Gasteiger partial charge in [0.15, 0.2) is 0 Å². The molecule has 1 aromatic heterocycles. The van der Waals surface area contributed by atoms with Gasteiger partial charge in [0.2, 0.25) is 0 Å². The van der Waals surface area contributed by atoms with Crippen LogP contribution in [0.2, 0.25) is 10.0 Å². The average Bonchev–Trinajstić information content (AvgIpc) is 3.02. The topological polar surface area (TPSA) is 57.8 Å². The van der Waals surface area contributed by atoms with E-state index >= 15 is 0 Å². The second-order valence-electron chi connectivity index (χ2n) is 6.90. The summed E-state index contributed by atoms with van der Waals surface area (Å²) in [7, 11) is 0. The van der Waals surface area contributed by atoms with Gasteiger partial charge in [-0.05, 0) is 55.7 Å². The van der Waals surface area contributed by atoms with Gasteiger partial charge in [0, 0.05) is 17.9 Å². The summed E-state index contributed by atoms with van der Waals surface area (Å²) in [6, 6.07) is 19.2. The molecule has 1 amide bonds. The van der Waals surface area contributed by atoms with Gasteiger partial charge in [-0.15, -0.1) is 0 Å². The molecule has 0 atom stereocenters. The summed E-state index contributed by atoms with van der Waals surface area (Å²) >= 11 is 12.6. The maximum absolute atomic E-state index is 12.5. The van der Waals surface area contributed by atoms with Crippen LogP contribution >= 0.6 is 23.2 Å². The smallest absolute Gasteiger partial charge is 0.261 e. The van der Waals surface area contributed by atoms with Crippen LogP contribution in [-0.4, -0.2) is 17.0 Å². The van der Waals surface area contributed by atoms with E-state index in [9.17, 15) is 10.1 Å². The summed E-state index contributed by atoms with van der Waals surface area (Å²) in [5.41, 5.74) is 4.50. The molecule has 0 bridgehead atoms. The predicted molar refractivity (Wildman–Crippen MR) is 122 cm³/mol. The fraction of sp³-hybridized carbons (Fsp3) is 0.167. The van der Waals surface area contributed by atoms with Gasteiger partial charge in [0.05, 0.1) is 15.7 Å². The molecule has 0 aliphatic rings. The fourth-order valence-corrected chi connectivity index (χ4v) is 3.71. The van der Waals surface area contributed by atoms with Gasteiger partial charge in [0.25, 0.3) is 5.91 Å². The standard InChI is InChI=1S/C24H21Cl2N3O/c1-16-13-19(17(2)29(16)22-10-6-9-21(25)23(22)26)14-20(15-27)24(30)28-12-11-18-7-4-3-5-8-18/h3-10,13-14H,11-12H2,1-2H3,(H,28,30)/b20-14-. The lowest BCUT2D eigenvalue weighted by molar-refractivity contribution is -0.117. The number of amides is 1. The molecule has 0 spiro atoms. The van der Waals surface area contributed by atoms with Crippen molar-refractivity contribution < 1.29 is 4.79 Å². The second kappa shape index (κ2) is 9.67. The van der Waals surface area contributed by atoms with Crippen LogP contribution in [0, 0.1) is 25.2 Å². The fourth-order valence-electron chi connectivity index (χ4n) is 3.33. The van der Waals surface area contributed by atoms with Crippen molar-refractivity contribution in [2.24, 2.45) is 0 Å². The lowest BCUT2D eigenvalue weighted by Gasteiger charge is -2.12. The number of carbonyl (C=O) groups excluding carboxylic acids is 1. The highest BCUT2D eigenvalue weighted by atomic mass is 35.5. The van der Waals surface area contributed by atoms with E-state index in [2.05, 4.69) is 5.32 Å². The Morgan fingerprint density at radius 1 is 1.13 bits per heavy atom. The lowest BCUT2D eigenvalue weighted by Crippen LogP contribution is -2.26. The van der Waals surface area contributed by atoms with Gasteiger partial charge in [-0.3, -0.25) is 4.79 Å². The molecule has 0 radical (unpaired) electrons. The first-order valence-corrected chi connectivity index (χ1v) is 10.2. The highest BCUT2D eigenvalue weighted by molar-refractivity contribution is 6.43. The molecular weight excluding hydrogens is 417 g/mol.